The first-order valence-electron chi connectivity index (χ1n) is 5.26. The number of rotatable bonds is 3. The summed E-state index contributed by atoms with van der Waals surface area (Å²) in [4.78, 5) is 18.0. The van der Waals surface area contributed by atoms with E-state index in [2.05, 4.69) is 9.93 Å². The second-order valence-corrected chi connectivity index (χ2v) is 3.68. The predicted octanol–water partition coefficient (Wildman–Crippen LogP) is 2.42. The molecule has 1 aromatic heterocycles. The Morgan fingerprint density at radius 1 is 1.22 bits per heavy atom. The van der Waals surface area contributed by atoms with Gasteiger partial charge in [0.05, 0.1) is 0 Å². The fraction of sp³-hybridized carbons (Fsp3) is 0.0769. The molecule has 4 nitrogen and oxygen atoms in total. The molecule has 0 spiro atoms. The summed E-state index contributed by atoms with van der Waals surface area (Å²) in [5, 5.41) is 9.62. The number of benzene rings is 1. The Bertz CT molecular complexity index is 572. The van der Waals surface area contributed by atoms with Gasteiger partial charge in [-0.3, -0.25) is 0 Å². The molecule has 5 heteroatoms. The van der Waals surface area contributed by atoms with E-state index in [1.54, 1.807) is 36.4 Å². The maximum absolute atomic E-state index is 11.8. The van der Waals surface area contributed by atoms with E-state index >= 15 is 0 Å². The quantitative estimate of drug-likeness (QED) is 0.904. The predicted molar refractivity (Wildman–Crippen MR) is 61.7 cm³/mol. The fourth-order valence-corrected chi connectivity index (χ4v) is 1.59. The average molecular weight is 247 g/mol. The van der Waals surface area contributed by atoms with Crippen LogP contribution in [0.4, 0.5) is 4.53 Å². The zero-order chi connectivity index (χ0) is 13.0. The third-order valence-corrected chi connectivity index (χ3v) is 2.45. The maximum Gasteiger partial charge on any atom is 0.397 e. The van der Waals surface area contributed by atoms with Crippen molar-refractivity contribution in [2.45, 2.75) is 6.42 Å². The number of halogens is 1. The number of para-hydroxylation sites is 1. The Hall–Kier alpha value is -2.43. The molecule has 0 aliphatic carbocycles. The molecule has 0 bridgehead atoms. The number of hydrogen-bond acceptors (Lipinski definition) is 4. The van der Waals surface area contributed by atoms with Crippen molar-refractivity contribution in [3.05, 3.63) is 59.4 Å². The van der Waals surface area contributed by atoms with Crippen LogP contribution in [-0.4, -0.2) is 16.1 Å². The topological polar surface area (TPSA) is 59.4 Å². The molecule has 1 aromatic carbocycles. The highest BCUT2D eigenvalue weighted by Crippen LogP contribution is 2.18. The van der Waals surface area contributed by atoms with E-state index in [1.165, 1.54) is 6.07 Å². The number of aromatic nitrogens is 1. The SMILES string of the molecule is O=C(OF)c1cccc(Cc2ccccc2O)n1. The first-order chi connectivity index (χ1) is 8.70. The van der Waals surface area contributed by atoms with E-state index in [0.29, 0.717) is 17.7 Å². The number of carbonyl (C=O) groups is 1. The van der Waals surface area contributed by atoms with Crippen molar-refractivity contribution < 1.29 is 19.4 Å². The monoisotopic (exact) mass is 247 g/mol. The lowest BCUT2D eigenvalue weighted by atomic mass is 10.1. The zero-order valence-corrected chi connectivity index (χ0v) is 9.34. The maximum atomic E-state index is 11.8. The Labute approximate surface area is 103 Å². The first-order valence-corrected chi connectivity index (χ1v) is 5.26. The van der Waals surface area contributed by atoms with Crippen LogP contribution < -0.4 is 0 Å². The van der Waals surface area contributed by atoms with Gasteiger partial charge in [-0.2, -0.15) is 0 Å². The largest absolute Gasteiger partial charge is 0.508 e. The minimum Gasteiger partial charge on any atom is -0.508 e. The number of carbonyl (C=O) groups excluding carboxylic acids is 1. The Morgan fingerprint density at radius 3 is 2.72 bits per heavy atom. The molecule has 18 heavy (non-hydrogen) atoms. The number of phenolic OH excluding ortho intramolecular Hbond substituents is 1. The van der Waals surface area contributed by atoms with E-state index in [9.17, 15) is 14.4 Å². The van der Waals surface area contributed by atoms with Crippen molar-refractivity contribution in [3.63, 3.8) is 0 Å². The highest BCUT2D eigenvalue weighted by atomic mass is 19.3. The number of nitrogens with zero attached hydrogens (tertiary/aromatic N) is 1. The van der Waals surface area contributed by atoms with Crippen LogP contribution in [0.1, 0.15) is 21.7 Å². The van der Waals surface area contributed by atoms with Crippen LogP contribution in [0.2, 0.25) is 0 Å². The summed E-state index contributed by atoms with van der Waals surface area (Å²) >= 11 is 0. The summed E-state index contributed by atoms with van der Waals surface area (Å²) in [7, 11) is 0. The number of pyridine rings is 1. The smallest absolute Gasteiger partial charge is 0.397 e. The van der Waals surface area contributed by atoms with Crippen LogP contribution in [0, 0.1) is 0 Å². The lowest BCUT2D eigenvalue weighted by Crippen LogP contribution is -2.04. The minimum absolute atomic E-state index is 0.106. The summed E-state index contributed by atoms with van der Waals surface area (Å²) < 4.78 is 11.8. The fourth-order valence-electron chi connectivity index (χ4n) is 1.59. The molecule has 0 unspecified atom stereocenters. The lowest BCUT2D eigenvalue weighted by molar-refractivity contribution is -0.0793. The van der Waals surface area contributed by atoms with E-state index in [1.807, 2.05) is 0 Å². The third-order valence-electron chi connectivity index (χ3n) is 2.45. The molecule has 0 aliphatic rings. The van der Waals surface area contributed by atoms with Gasteiger partial charge in [0.25, 0.3) is 0 Å². The lowest BCUT2D eigenvalue weighted by Gasteiger charge is -2.04. The van der Waals surface area contributed by atoms with Gasteiger partial charge in [-0.1, -0.05) is 24.3 Å². The molecule has 0 radical (unpaired) electrons. The normalized spacial score (nSPS) is 10.1. The van der Waals surface area contributed by atoms with Gasteiger partial charge < -0.3 is 5.11 Å². The van der Waals surface area contributed by atoms with Crippen LogP contribution in [0.15, 0.2) is 42.5 Å². The Kier molecular flexibility index (Phi) is 3.52. The highest BCUT2D eigenvalue weighted by Gasteiger charge is 2.10. The van der Waals surface area contributed by atoms with Crippen molar-refractivity contribution in [1.82, 2.24) is 4.98 Å². The molecule has 1 N–H and O–H groups in total. The summed E-state index contributed by atoms with van der Waals surface area (Å²) in [6, 6.07) is 11.4. The highest BCUT2D eigenvalue weighted by molar-refractivity contribution is 5.86. The molecule has 0 aliphatic heterocycles. The molecule has 0 saturated carbocycles. The van der Waals surface area contributed by atoms with Gasteiger partial charge in [0.15, 0.2) is 5.69 Å². The van der Waals surface area contributed by atoms with E-state index in [0.717, 1.165) is 0 Å². The summed E-state index contributed by atoms with van der Waals surface area (Å²) in [6.07, 6.45) is 0.347. The van der Waals surface area contributed by atoms with Gasteiger partial charge in [-0.15, -0.1) is 0 Å². The van der Waals surface area contributed by atoms with Gasteiger partial charge in [0.2, 0.25) is 0 Å². The number of aromatic hydroxyl groups is 1. The summed E-state index contributed by atoms with van der Waals surface area (Å²) in [5.41, 5.74) is 1.11. The molecule has 92 valence electrons. The molecule has 0 saturated heterocycles. The van der Waals surface area contributed by atoms with Crippen LogP contribution in [0.3, 0.4) is 0 Å². The Morgan fingerprint density at radius 2 is 2.00 bits per heavy atom. The number of phenols is 1. The molecule has 0 amide bonds. The van der Waals surface area contributed by atoms with Crippen molar-refractivity contribution in [3.8, 4) is 5.75 Å². The molecule has 2 aromatic rings. The summed E-state index contributed by atoms with van der Waals surface area (Å²) in [5.74, 6) is -0.980. The average Bonchev–Trinajstić information content (AvgIpc) is 2.41. The third kappa shape index (κ3) is 2.63. The minimum atomic E-state index is -1.13. The van der Waals surface area contributed by atoms with Gasteiger partial charge in [0.1, 0.15) is 5.75 Å². The van der Waals surface area contributed by atoms with E-state index < -0.39 is 5.97 Å². The van der Waals surface area contributed by atoms with Gasteiger partial charge in [-0.05, 0) is 23.8 Å². The number of hydrogen-bond donors (Lipinski definition) is 1. The zero-order valence-electron chi connectivity index (χ0n) is 9.34. The Balaban J connectivity index is 2.25. The van der Waals surface area contributed by atoms with Crippen molar-refractivity contribution >= 4 is 5.97 Å². The van der Waals surface area contributed by atoms with Crippen LogP contribution in [-0.2, 0) is 11.4 Å². The van der Waals surface area contributed by atoms with Gasteiger partial charge >= 0.3 is 5.97 Å². The van der Waals surface area contributed by atoms with Gasteiger partial charge in [-0.25, -0.2) is 14.7 Å². The van der Waals surface area contributed by atoms with Crippen LogP contribution in [0.5, 0.6) is 5.75 Å². The summed E-state index contributed by atoms with van der Waals surface area (Å²) in [6.45, 7) is 0. The van der Waals surface area contributed by atoms with Gasteiger partial charge in [0, 0.05) is 16.6 Å². The van der Waals surface area contributed by atoms with Crippen molar-refractivity contribution in [2.75, 3.05) is 0 Å². The second kappa shape index (κ2) is 5.27. The van der Waals surface area contributed by atoms with Crippen molar-refractivity contribution in [1.29, 1.82) is 0 Å². The molecule has 0 atom stereocenters. The first kappa shape index (κ1) is 12.0. The van der Waals surface area contributed by atoms with E-state index in [-0.39, 0.29) is 11.4 Å². The molecule has 0 fully saturated rings. The standard InChI is InChI=1S/C13H10FNO3/c14-18-13(17)11-6-3-5-10(15-11)8-9-4-1-2-7-12(9)16/h1-7,16H,8H2. The van der Waals surface area contributed by atoms with Crippen LogP contribution in [0.25, 0.3) is 0 Å². The second-order valence-electron chi connectivity index (χ2n) is 3.68. The van der Waals surface area contributed by atoms with E-state index in [4.69, 9.17) is 0 Å². The van der Waals surface area contributed by atoms with Crippen LogP contribution >= 0.6 is 0 Å². The molecular formula is C13H10FNO3. The molecule has 2 rings (SSSR count). The van der Waals surface area contributed by atoms with Crippen molar-refractivity contribution in [2.24, 2.45) is 0 Å². The molecule has 1 heterocycles. The molecular weight excluding hydrogens is 237 g/mol.